The van der Waals surface area contributed by atoms with E-state index in [4.69, 9.17) is 4.74 Å². The molecular formula is C11H11NO2S2. The Morgan fingerprint density at radius 1 is 1.50 bits per heavy atom. The number of ether oxygens (including phenoxy) is 1. The van der Waals surface area contributed by atoms with Gasteiger partial charge < -0.3 is 4.74 Å². The van der Waals surface area contributed by atoms with Gasteiger partial charge in [-0.2, -0.15) is 11.3 Å². The molecule has 0 unspecified atom stereocenters. The number of nitrogens with zero attached hydrogens (tertiary/aromatic N) is 1. The minimum Gasteiger partial charge on any atom is -0.461 e. The summed E-state index contributed by atoms with van der Waals surface area (Å²) in [5.74, 6) is -0.334. The van der Waals surface area contributed by atoms with Crippen LogP contribution in [0, 0.1) is 0 Å². The molecule has 0 atom stereocenters. The zero-order chi connectivity index (χ0) is 11.4. The molecule has 0 aliphatic carbocycles. The van der Waals surface area contributed by atoms with Crippen molar-refractivity contribution in [3.8, 4) is 10.6 Å². The Morgan fingerprint density at radius 2 is 2.38 bits per heavy atom. The summed E-state index contributed by atoms with van der Waals surface area (Å²) in [6.45, 7) is 2.41. The largest absolute Gasteiger partial charge is 0.461 e. The summed E-state index contributed by atoms with van der Waals surface area (Å²) in [5.41, 5.74) is 1.46. The summed E-state index contributed by atoms with van der Waals surface area (Å²) in [7, 11) is 0. The monoisotopic (exact) mass is 253 g/mol. The first-order valence-corrected chi connectivity index (χ1v) is 6.78. The van der Waals surface area contributed by atoms with Crippen molar-refractivity contribution in [1.29, 1.82) is 0 Å². The molecule has 3 nitrogen and oxygen atoms in total. The number of thiazole rings is 1. The highest BCUT2D eigenvalue weighted by atomic mass is 32.1. The van der Waals surface area contributed by atoms with Crippen molar-refractivity contribution < 1.29 is 9.53 Å². The van der Waals surface area contributed by atoms with Crippen molar-refractivity contribution in [3.05, 3.63) is 27.9 Å². The fourth-order valence-electron chi connectivity index (χ4n) is 1.15. The lowest BCUT2D eigenvalue weighted by Gasteiger charge is -1.98. The van der Waals surface area contributed by atoms with E-state index >= 15 is 0 Å². The molecular weight excluding hydrogens is 242 g/mol. The number of hydrogen-bond acceptors (Lipinski definition) is 5. The maximum Gasteiger partial charge on any atom is 0.357 e. The zero-order valence-electron chi connectivity index (χ0n) is 8.80. The molecule has 2 aromatic heterocycles. The van der Waals surface area contributed by atoms with Crippen LogP contribution in [0.4, 0.5) is 0 Å². The van der Waals surface area contributed by atoms with Gasteiger partial charge in [0.1, 0.15) is 5.01 Å². The van der Waals surface area contributed by atoms with E-state index in [1.165, 1.54) is 11.3 Å². The number of rotatable bonds is 4. The van der Waals surface area contributed by atoms with Gasteiger partial charge in [0, 0.05) is 16.3 Å². The molecule has 0 aliphatic heterocycles. The van der Waals surface area contributed by atoms with Crippen LogP contribution in [0.3, 0.4) is 0 Å². The average molecular weight is 253 g/mol. The van der Waals surface area contributed by atoms with Crippen LogP contribution < -0.4 is 0 Å². The Kier molecular flexibility index (Phi) is 3.69. The quantitative estimate of drug-likeness (QED) is 0.783. The fraction of sp³-hybridized carbons (Fsp3) is 0.273. The van der Waals surface area contributed by atoms with Gasteiger partial charge in [-0.25, -0.2) is 9.78 Å². The van der Waals surface area contributed by atoms with Crippen LogP contribution >= 0.6 is 22.7 Å². The van der Waals surface area contributed by atoms with Crippen LogP contribution in [-0.2, 0) is 4.74 Å². The molecule has 0 bridgehead atoms. The molecule has 2 rings (SSSR count). The number of aromatic nitrogens is 1. The van der Waals surface area contributed by atoms with Gasteiger partial charge in [0.15, 0.2) is 5.69 Å². The third kappa shape index (κ3) is 2.48. The van der Waals surface area contributed by atoms with Crippen LogP contribution in [-0.4, -0.2) is 17.6 Å². The lowest BCUT2D eigenvalue weighted by atomic mass is 10.3. The molecule has 0 aromatic carbocycles. The van der Waals surface area contributed by atoms with E-state index in [0.717, 1.165) is 17.0 Å². The van der Waals surface area contributed by atoms with Crippen LogP contribution in [0.5, 0.6) is 0 Å². The van der Waals surface area contributed by atoms with Crippen molar-refractivity contribution in [3.63, 3.8) is 0 Å². The summed E-state index contributed by atoms with van der Waals surface area (Å²) < 4.78 is 5.02. The summed E-state index contributed by atoms with van der Waals surface area (Å²) in [5, 5.41) is 6.61. The minimum absolute atomic E-state index is 0.334. The molecule has 2 heterocycles. The highest BCUT2D eigenvalue weighted by molar-refractivity contribution is 7.14. The summed E-state index contributed by atoms with van der Waals surface area (Å²) >= 11 is 3.08. The van der Waals surface area contributed by atoms with Crippen LogP contribution in [0.15, 0.2) is 22.2 Å². The summed E-state index contributed by atoms with van der Waals surface area (Å²) in [6, 6.07) is 1.99. The van der Waals surface area contributed by atoms with Crippen molar-refractivity contribution in [1.82, 2.24) is 4.98 Å². The van der Waals surface area contributed by atoms with E-state index in [0.29, 0.717) is 12.3 Å². The number of carbonyl (C=O) groups is 1. The van der Waals surface area contributed by atoms with E-state index in [2.05, 4.69) is 4.98 Å². The highest BCUT2D eigenvalue weighted by Crippen LogP contribution is 2.25. The van der Waals surface area contributed by atoms with Crippen molar-refractivity contribution >= 4 is 28.6 Å². The van der Waals surface area contributed by atoms with E-state index in [9.17, 15) is 4.79 Å². The first kappa shape index (κ1) is 11.3. The van der Waals surface area contributed by atoms with Gasteiger partial charge in [-0.15, -0.1) is 11.3 Å². The molecule has 84 valence electrons. The number of carbonyl (C=O) groups excluding carboxylic acids is 1. The lowest BCUT2D eigenvalue weighted by molar-refractivity contribution is 0.0499. The number of esters is 1. The van der Waals surface area contributed by atoms with Crippen molar-refractivity contribution in [2.24, 2.45) is 0 Å². The standard InChI is InChI=1S/C11H11NO2S2/c1-2-4-14-11(13)9-7-16-10(12-9)8-3-5-15-6-8/h3,5-7H,2,4H2,1H3. The second-order valence-electron chi connectivity index (χ2n) is 3.19. The lowest BCUT2D eigenvalue weighted by Crippen LogP contribution is -2.05. The predicted octanol–water partition coefficient (Wildman–Crippen LogP) is 3.44. The fourth-order valence-corrected chi connectivity index (χ4v) is 2.66. The van der Waals surface area contributed by atoms with Crippen LogP contribution in [0.25, 0.3) is 10.6 Å². The van der Waals surface area contributed by atoms with E-state index in [1.807, 2.05) is 23.8 Å². The molecule has 0 saturated heterocycles. The molecule has 2 aromatic rings. The Morgan fingerprint density at radius 3 is 3.06 bits per heavy atom. The molecule has 0 radical (unpaired) electrons. The van der Waals surface area contributed by atoms with Gasteiger partial charge in [0.05, 0.1) is 6.61 Å². The van der Waals surface area contributed by atoms with Crippen LogP contribution in [0.2, 0.25) is 0 Å². The molecule has 0 amide bonds. The summed E-state index contributed by atoms with van der Waals surface area (Å²) in [4.78, 5) is 15.8. The Bertz CT molecular complexity index is 462. The van der Waals surface area contributed by atoms with Crippen molar-refractivity contribution in [2.45, 2.75) is 13.3 Å². The molecule has 0 aliphatic rings. The number of thiophene rings is 1. The summed E-state index contributed by atoms with van der Waals surface area (Å²) in [6.07, 6.45) is 0.827. The average Bonchev–Trinajstić information content (AvgIpc) is 2.94. The normalized spacial score (nSPS) is 10.3. The van der Waals surface area contributed by atoms with Gasteiger partial charge in [-0.1, -0.05) is 6.92 Å². The van der Waals surface area contributed by atoms with Crippen LogP contribution in [0.1, 0.15) is 23.8 Å². The first-order chi connectivity index (χ1) is 7.81. The van der Waals surface area contributed by atoms with Gasteiger partial charge in [0.2, 0.25) is 0 Å². The molecule has 0 N–H and O–H groups in total. The second-order valence-corrected chi connectivity index (χ2v) is 4.82. The van der Waals surface area contributed by atoms with Gasteiger partial charge in [-0.3, -0.25) is 0 Å². The maximum absolute atomic E-state index is 11.5. The SMILES string of the molecule is CCCOC(=O)c1csc(-c2ccsc2)n1. The molecule has 0 fully saturated rings. The molecule has 0 saturated carbocycles. The Labute approximate surface area is 102 Å². The Balaban J connectivity index is 2.11. The smallest absolute Gasteiger partial charge is 0.357 e. The predicted molar refractivity (Wildman–Crippen MR) is 66.0 cm³/mol. The highest BCUT2D eigenvalue weighted by Gasteiger charge is 2.12. The zero-order valence-corrected chi connectivity index (χ0v) is 10.4. The van der Waals surface area contributed by atoms with Gasteiger partial charge in [-0.05, 0) is 17.9 Å². The van der Waals surface area contributed by atoms with E-state index in [1.54, 1.807) is 16.7 Å². The molecule has 16 heavy (non-hydrogen) atoms. The second kappa shape index (κ2) is 5.23. The van der Waals surface area contributed by atoms with E-state index in [-0.39, 0.29) is 5.97 Å². The topological polar surface area (TPSA) is 39.2 Å². The first-order valence-electron chi connectivity index (χ1n) is 4.96. The minimum atomic E-state index is -0.334. The Hall–Kier alpha value is -1.20. The van der Waals surface area contributed by atoms with Gasteiger partial charge in [0.25, 0.3) is 0 Å². The van der Waals surface area contributed by atoms with Crippen molar-refractivity contribution in [2.75, 3.05) is 6.61 Å². The molecule has 0 spiro atoms. The number of hydrogen-bond donors (Lipinski definition) is 0. The van der Waals surface area contributed by atoms with E-state index < -0.39 is 0 Å². The van der Waals surface area contributed by atoms with Gasteiger partial charge >= 0.3 is 5.97 Å². The maximum atomic E-state index is 11.5. The third-order valence-electron chi connectivity index (χ3n) is 1.92. The third-order valence-corrected chi connectivity index (χ3v) is 3.49. The molecule has 5 heteroatoms.